The second-order valence-electron chi connectivity index (χ2n) is 7.01. The lowest BCUT2D eigenvalue weighted by Gasteiger charge is -2.34. The van der Waals surface area contributed by atoms with Crippen molar-refractivity contribution in [3.63, 3.8) is 0 Å². The van der Waals surface area contributed by atoms with Crippen LogP contribution in [0, 0.1) is 5.82 Å². The Hall–Kier alpha value is -2.81. The van der Waals surface area contributed by atoms with Crippen LogP contribution in [0.3, 0.4) is 0 Å². The number of carbonyl (C=O) groups is 1. The second-order valence-corrected chi connectivity index (χ2v) is 7.42. The molecule has 1 saturated carbocycles. The number of halogens is 4. The van der Waals surface area contributed by atoms with Crippen LogP contribution in [0.2, 0.25) is 5.02 Å². The van der Waals surface area contributed by atoms with Crippen LogP contribution < -0.4 is 5.56 Å². The summed E-state index contributed by atoms with van der Waals surface area (Å²) >= 11 is 5.72. The molecule has 1 fully saturated rings. The number of rotatable bonds is 4. The normalized spacial score (nSPS) is 16.2. The minimum Gasteiger partial charge on any atom is -0.476 e. The largest absolute Gasteiger partial charge is 0.476 e. The summed E-state index contributed by atoms with van der Waals surface area (Å²) in [4.78, 5) is 24.8. The van der Waals surface area contributed by atoms with E-state index >= 15 is 0 Å². The molecule has 1 aromatic carbocycles. The number of carboxylic acids is 1. The first-order valence-electron chi connectivity index (χ1n) is 8.85. The van der Waals surface area contributed by atoms with Gasteiger partial charge in [-0.25, -0.2) is 22.5 Å². The zero-order chi connectivity index (χ0) is 21.1. The van der Waals surface area contributed by atoms with Gasteiger partial charge in [0, 0.05) is 36.4 Å². The zero-order valence-electron chi connectivity index (χ0n) is 15.1. The molecule has 0 atom stereocenters. The minimum atomic E-state index is -2.89. The third kappa shape index (κ3) is 3.09. The number of benzene rings is 1. The number of aromatic nitrogens is 3. The average molecular weight is 426 g/mol. The van der Waals surface area contributed by atoms with Gasteiger partial charge < -0.3 is 9.67 Å². The molecule has 152 valence electrons. The average Bonchev–Trinajstić information content (AvgIpc) is 3.01. The van der Waals surface area contributed by atoms with Crippen molar-refractivity contribution in [3.8, 4) is 11.3 Å². The van der Waals surface area contributed by atoms with Crippen molar-refractivity contribution in [2.75, 3.05) is 0 Å². The summed E-state index contributed by atoms with van der Waals surface area (Å²) in [7, 11) is 0. The lowest BCUT2D eigenvalue weighted by molar-refractivity contribution is -0.0866. The molecule has 6 nitrogen and oxygen atoms in total. The summed E-state index contributed by atoms with van der Waals surface area (Å²) in [5.41, 5.74) is -0.398. The summed E-state index contributed by atoms with van der Waals surface area (Å²) < 4.78 is 43.2. The number of aromatic carboxylic acids is 1. The van der Waals surface area contributed by atoms with Crippen LogP contribution in [0.1, 0.15) is 41.7 Å². The Labute approximate surface area is 167 Å². The van der Waals surface area contributed by atoms with Crippen LogP contribution in [-0.2, 0) is 6.54 Å². The molecule has 0 spiro atoms. The van der Waals surface area contributed by atoms with E-state index in [0.717, 1.165) is 10.6 Å². The maximum atomic E-state index is 13.9. The van der Waals surface area contributed by atoms with Crippen molar-refractivity contribution in [2.24, 2.45) is 0 Å². The van der Waals surface area contributed by atoms with Gasteiger partial charge in [-0.2, -0.15) is 5.10 Å². The van der Waals surface area contributed by atoms with E-state index < -0.39 is 47.7 Å². The lowest BCUT2D eigenvalue weighted by Crippen LogP contribution is -2.35. The van der Waals surface area contributed by atoms with Crippen LogP contribution in [0.5, 0.6) is 0 Å². The van der Waals surface area contributed by atoms with Gasteiger partial charge >= 0.3 is 5.97 Å². The molecule has 1 N–H and O–H groups in total. The van der Waals surface area contributed by atoms with Crippen LogP contribution in [0.4, 0.5) is 13.2 Å². The number of hydrogen-bond donors (Lipinski definition) is 1. The highest BCUT2D eigenvalue weighted by Crippen LogP contribution is 2.49. The minimum absolute atomic E-state index is 0.0180. The first-order valence-corrected chi connectivity index (χ1v) is 9.23. The van der Waals surface area contributed by atoms with Gasteiger partial charge in [-0.1, -0.05) is 17.7 Å². The van der Waals surface area contributed by atoms with Crippen LogP contribution >= 0.6 is 11.6 Å². The fraction of sp³-hybridized carbons (Fsp3) is 0.316. The molecular weight excluding hydrogens is 411 g/mol. The molecule has 10 heteroatoms. The van der Waals surface area contributed by atoms with E-state index in [1.807, 2.05) is 0 Å². The molecule has 1 aliphatic rings. The van der Waals surface area contributed by atoms with Gasteiger partial charge in [0.25, 0.3) is 5.56 Å². The van der Waals surface area contributed by atoms with Gasteiger partial charge in [-0.05, 0) is 19.1 Å². The number of nitrogens with zero attached hydrogens (tertiary/aromatic N) is 3. The monoisotopic (exact) mass is 425 g/mol. The summed E-state index contributed by atoms with van der Waals surface area (Å²) in [6, 6.07) is 4.02. The molecule has 2 heterocycles. The summed E-state index contributed by atoms with van der Waals surface area (Å²) in [5.74, 6) is -5.74. The topological polar surface area (TPSA) is 76.6 Å². The molecule has 0 unspecified atom stereocenters. The fourth-order valence-corrected chi connectivity index (χ4v) is 3.90. The van der Waals surface area contributed by atoms with Gasteiger partial charge in [0.1, 0.15) is 11.3 Å². The van der Waals surface area contributed by atoms with E-state index in [4.69, 9.17) is 11.6 Å². The fourth-order valence-electron chi connectivity index (χ4n) is 3.79. The Morgan fingerprint density at radius 2 is 2.07 bits per heavy atom. The molecule has 0 radical (unpaired) electrons. The molecule has 3 aromatic rings. The smallest absolute Gasteiger partial charge is 0.356 e. The first-order chi connectivity index (χ1) is 13.6. The van der Waals surface area contributed by atoms with Crippen molar-refractivity contribution < 1.29 is 23.1 Å². The molecule has 0 saturated heterocycles. The van der Waals surface area contributed by atoms with Crippen LogP contribution in [0.25, 0.3) is 16.8 Å². The van der Waals surface area contributed by atoms with Crippen molar-refractivity contribution in [1.82, 2.24) is 14.2 Å². The second kappa shape index (κ2) is 6.62. The van der Waals surface area contributed by atoms with Crippen molar-refractivity contribution >= 4 is 23.1 Å². The van der Waals surface area contributed by atoms with E-state index in [2.05, 4.69) is 5.10 Å². The van der Waals surface area contributed by atoms with Crippen molar-refractivity contribution in [3.05, 3.63) is 56.8 Å². The van der Waals surface area contributed by atoms with Gasteiger partial charge in [-0.3, -0.25) is 4.79 Å². The predicted molar refractivity (Wildman–Crippen MR) is 99.4 cm³/mol. The summed E-state index contributed by atoms with van der Waals surface area (Å²) in [5, 5.41) is 13.4. The molecule has 4 rings (SSSR count). The highest BCUT2D eigenvalue weighted by Gasteiger charge is 2.48. The predicted octanol–water partition coefficient (Wildman–Crippen LogP) is 4.19. The standard InChI is InChI=1S/C19H15ClF3N3O3/c1-2-25-13(9-3-4-11(20)12(21)5-9)8-26-16(17(25)27)14(15(24-26)18(28)29)10-6-19(22,23)7-10/h3-5,8,10H,2,6-7H2,1H3,(H,28,29). The van der Waals surface area contributed by atoms with Gasteiger partial charge in [-0.15, -0.1) is 0 Å². The lowest BCUT2D eigenvalue weighted by atomic mass is 9.76. The Morgan fingerprint density at radius 1 is 1.38 bits per heavy atom. The number of alkyl halides is 2. The Morgan fingerprint density at radius 3 is 2.62 bits per heavy atom. The van der Waals surface area contributed by atoms with Gasteiger partial charge in [0.2, 0.25) is 5.92 Å². The third-order valence-electron chi connectivity index (χ3n) is 5.16. The van der Waals surface area contributed by atoms with E-state index in [9.17, 15) is 27.9 Å². The summed E-state index contributed by atoms with van der Waals surface area (Å²) in [6.07, 6.45) is 0.324. The van der Waals surface area contributed by atoms with E-state index in [1.54, 1.807) is 6.92 Å². The molecule has 0 bridgehead atoms. The van der Waals surface area contributed by atoms with Crippen LogP contribution in [0.15, 0.2) is 29.2 Å². The van der Waals surface area contributed by atoms with Crippen molar-refractivity contribution in [2.45, 2.75) is 38.2 Å². The highest BCUT2D eigenvalue weighted by molar-refractivity contribution is 6.30. The van der Waals surface area contributed by atoms with Gasteiger partial charge in [0.05, 0.1) is 16.9 Å². The Balaban J connectivity index is 1.99. The maximum absolute atomic E-state index is 13.9. The van der Waals surface area contributed by atoms with E-state index in [-0.39, 0.29) is 22.6 Å². The molecule has 2 aromatic heterocycles. The number of fused-ring (bicyclic) bond motifs is 1. The maximum Gasteiger partial charge on any atom is 0.356 e. The number of carboxylic acid groups (broad SMARTS) is 1. The van der Waals surface area contributed by atoms with Crippen LogP contribution in [-0.4, -0.2) is 31.2 Å². The SMILES string of the molecule is CCn1c(-c2ccc(Cl)c(F)c2)cn2nc(C(=O)O)c(C3CC(F)(F)C3)c2c1=O. The quantitative estimate of drug-likeness (QED) is 0.680. The molecule has 0 aliphatic heterocycles. The van der Waals surface area contributed by atoms with E-state index in [0.29, 0.717) is 11.3 Å². The zero-order valence-corrected chi connectivity index (χ0v) is 15.9. The Bertz CT molecular complexity index is 1210. The number of hydrogen-bond acceptors (Lipinski definition) is 3. The van der Waals surface area contributed by atoms with E-state index in [1.165, 1.54) is 22.9 Å². The molecule has 0 amide bonds. The molecule has 29 heavy (non-hydrogen) atoms. The Kier molecular flexibility index (Phi) is 4.45. The first kappa shape index (κ1) is 19.5. The van der Waals surface area contributed by atoms with Crippen molar-refractivity contribution in [1.29, 1.82) is 0 Å². The molecular formula is C19H15ClF3N3O3. The summed E-state index contributed by atoms with van der Waals surface area (Å²) in [6.45, 7) is 1.89. The highest BCUT2D eigenvalue weighted by atomic mass is 35.5. The third-order valence-corrected chi connectivity index (χ3v) is 5.47. The van der Waals surface area contributed by atoms with Gasteiger partial charge in [0.15, 0.2) is 5.69 Å². The molecule has 1 aliphatic carbocycles.